The number of nitrogens with one attached hydrogen (secondary N) is 1. The number of oxazole rings is 1. The van der Waals surface area contributed by atoms with E-state index in [4.69, 9.17) is 4.42 Å². The van der Waals surface area contributed by atoms with Crippen molar-refractivity contribution in [1.82, 2.24) is 4.98 Å². The Morgan fingerprint density at radius 1 is 0.793 bits per heavy atom. The van der Waals surface area contributed by atoms with Gasteiger partial charge in [0.25, 0.3) is 0 Å². The Kier molecular flexibility index (Phi) is 4.85. The molecule has 4 aromatic rings. The van der Waals surface area contributed by atoms with Crippen LogP contribution in [-0.2, 0) is 9.84 Å². The Morgan fingerprint density at radius 2 is 1.38 bits per heavy atom. The van der Waals surface area contributed by atoms with Crippen molar-refractivity contribution in [3.05, 3.63) is 90.5 Å². The summed E-state index contributed by atoms with van der Waals surface area (Å²) in [4.78, 5) is 4.05. The molecular weight excluding hydrogens is 398 g/mol. The van der Waals surface area contributed by atoms with E-state index in [-0.39, 0.29) is 21.7 Å². The van der Waals surface area contributed by atoms with Gasteiger partial charge >= 0.3 is 0 Å². The molecule has 0 unspecified atom stereocenters. The fourth-order valence-electron chi connectivity index (χ4n) is 2.66. The van der Waals surface area contributed by atoms with Crippen molar-refractivity contribution in [2.24, 2.45) is 0 Å². The van der Waals surface area contributed by atoms with Crippen molar-refractivity contribution in [3.8, 4) is 11.5 Å². The molecule has 0 aliphatic heterocycles. The molecular formula is C21H14F2N2O3S. The van der Waals surface area contributed by atoms with Crippen molar-refractivity contribution < 1.29 is 21.6 Å². The van der Waals surface area contributed by atoms with Gasteiger partial charge in [-0.3, -0.25) is 0 Å². The minimum Gasteiger partial charge on any atom is -0.419 e. The van der Waals surface area contributed by atoms with E-state index in [1.54, 1.807) is 30.3 Å². The quantitative estimate of drug-likeness (QED) is 0.457. The summed E-state index contributed by atoms with van der Waals surface area (Å²) < 4.78 is 58.3. The van der Waals surface area contributed by atoms with E-state index in [0.717, 1.165) is 24.3 Å². The normalized spacial score (nSPS) is 11.4. The molecule has 0 amide bonds. The largest absolute Gasteiger partial charge is 0.419 e. The van der Waals surface area contributed by atoms with E-state index in [9.17, 15) is 17.2 Å². The highest BCUT2D eigenvalue weighted by Crippen LogP contribution is 2.34. The van der Waals surface area contributed by atoms with E-state index in [2.05, 4.69) is 10.3 Å². The first-order chi connectivity index (χ1) is 13.9. The van der Waals surface area contributed by atoms with Gasteiger partial charge in [0.1, 0.15) is 11.6 Å². The number of hydrogen-bond donors (Lipinski definition) is 1. The van der Waals surface area contributed by atoms with Crippen molar-refractivity contribution in [2.75, 3.05) is 5.32 Å². The molecule has 0 fully saturated rings. The number of benzene rings is 3. The second-order valence-electron chi connectivity index (χ2n) is 6.11. The van der Waals surface area contributed by atoms with Crippen LogP contribution in [0.2, 0.25) is 0 Å². The highest BCUT2D eigenvalue weighted by Gasteiger charge is 2.28. The molecule has 0 bridgehead atoms. The molecule has 0 saturated carbocycles. The molecule has 1 aromatic heterocycles. The van der Waals surface area contributed by atoms with Gasteiger partial charge in [-0.1, -0.05) is 18.2 Å². The van der Waals surface area contributed by atoms with Crippen LogP contribution in [0, 0.1) is 11.6 Å². The second kappa shape index (κ2) is 7.48. The standard InChI is InChI=1S/C21H14F2N2O3S/c22-15-6-10-17(11-7-15)24-20-21(25-19(28-20)14-4-2-1-3-5-14)29(26,27)18-12-8-16(23)9-13-18/h1-13,24H. The van der Waals surface area contributed by atoms with Crippen LogP contribution in [0.5, 0.6) is 0 Å². The third-order valence-corrected chi connectivity index (χ3v) is 5.78. The van der Waals surface area contributed by atoms with Gasteiger partial charge in [0.15, 0.2) is 0 Å². The first-order valence-corrected chi connectivity index (χ1v) is 10.0. The Hall–Kier alpha value is -3.52. The zero-order chi connectivity index (χ0) is 20.4. The molecule has 0 radical (unpaired) electrons. The monoisotopic (exact) mass is 412 g/mol. The maximum absolute atomic E-state index is 13.2. The van der Waals surface area contributed by atoms with Gasteiger partial charge in [-0.25, -0.2) is 17.2 Å². The molecule has 3 aromatic carbocycles. The zero-order valence-corrected chi connectivity index (χ0v) is 15.7. The average molecular weight is 412 g/mol. The highest BCUT2D eigenvalue weighted by atomic mass is 32.2. The number of sulfone groups is 1. The summed E-state index contributed by atoms with van der Waals surface area (Å²) in [5.74, 6) is -1.02. The third-order valence-electron chi connectivity index (χ3n) is 4.10. The number of aromatic nitrogens is 1. The van der Waals surface area contributed by atoms with Gasteiger partial charge < -0.3 is 9.73 Å². The lowest BCUT2D eigenvalue weighted by Crippen LogP contribution is -2.05. The SMILES string of the molecule is O=S(=O)(c1ccc(F)cc1)c1nc(-c2ccccc2)oc1Nc1ccc(F)cc1. The summed E-state index contributed by atoms with van der Waals surface area (Å²) in [7, 11) is -4.11. The number of anilines is 2. The summed E-state index contributed by atoms with van der Waals surface area (Å²) in [5, 5.41) is 2.47. The molecule has 0 aliphatic carbocycles. The molecule has 0 atom stereocenters. The summed E-state index contributed by atoms with van der Waals surface area (Å²) in [5.41, 5.74) is 0.993. The van der Waals surface area contributed by atoms with E-state index in [0.29, 0.717) is 11.3 Å². The molecule has 5 nitrogen and oxygen atoms in total. The number of halogens is 2. The van der Waals surface area contributed by atoms with E-state index in [1.807, 2.05) is 0 Å². The number of nitrogens with zero attached hydrogens (tertiary/aromatic N) is 1. The van der Waals surface area contributed by atoms with Crippen LogP contribution in [0.3, 0.4) is 0 Å². The predicted molar refractivity (Wildman–Crippen MR) is 103 cm³/mol. The van der Waals surface area contributed by atoms with Gasteiger partial charge in [0.2, 0.25) is 26.6 Å². The molecule has 4 rings (SSSR count). The molecule has 0 aliphatic rings. The van der Waals surface area contributed by atoms with Crippen LogP contribution >= 0.6 is 0 Å². The summed E-state index contributed by atoms with van der Waals surface area (Å²) >= 11 is 0. The lowest BCUT2D eigenvalue weighted by molar-refractivity contribution is 0.581. The van der Waals surface area contributed by atoms with Crippen LogP contribution in [0.4, 0.5) is 20.4 Å². The average Bonchev–Trinajstić information content (AvgIpc) is 3.15. The molecule has 1 N–H and O–H groups in total. The first-order valence-electron chi connectivity index (χ1n) is 8.53. The fourth-order valence-corrected chi connectivity index (χ4v) is 3.92. The van der Waals surface area contributed by atoms with Gasteiger partial charge in [0.05, 0.1) is 4.90 Å². The van der Waals surface area contributed by atoms with Gasteiger partial charge in [0, 0.05) is 11.3 Å². The topological polar surface area (TPSA) is 72.2 Å². The third kappa shape index (κ3) is 3.88. The number of rotatable bonds is 5. The second-order valence-corrected chi connectivity index (χ2v) is 7.97. The smallest absolute Gasteiger partial charge is 0.238 e. The van der Waals surface area contributed by atoms with Crippen molar-refractivity contribution in [1.29, 1.82) is 0 Å². The molecule has 146 valence electrons. The van der Waals surface area contributed by atoms with Crippen LogP contribution in [-0.4, -0.2) is 13.4 Å². The Bertz CT molecular complexity index is 1240. The van der Waals surface area contributed by atoms with Crippen LogP contribution in [0.1, 0.15) is 0 Å². The molecule has 0 saturated heterocycles. The number of hydrogen-bond acceptors (Lipinski definition) is 5. The minimum absolute atomic E-state index is 0.0934. The van der Waals surface area contributed by atoms with E-state index < -0.39 is 21.5 Å². The predicted octanol–water partition coefficient (Wildman–Crippen LogP) is 5.20. The van der Waals surface area contributed by atoms with E-state index in [1.165, 1.54) is 24.3 Å². The first kappa shape index (κ1) is 18.8. The van der Waals surface area contributed by atoms with Crippen molar-refractivity contribution >= 4 is 21.4 Å². The lowest BCUT2D eigenvalue weighted by atomic mass is 10.2. The van der Waals surface area contributed by atoms with Crippen molar-refractivity contribution in [3.63, 3.8) is 0 Å². The van der Waals surface area contributed by atoms with Crippen LogP contribution in [0.25, 0.3) is 11.5 Å². The van der Waals surface area contributed by atoms with E-state index >= 15 is 0 Å². The van der Waals surface area contributed by atoms with Gasteiger partial charge in [-0.05, 0) is 60.7 Å². The molecule has 1 heterocycles. The molecule has 8 heteroatoms. The Morgan fingerprint density at radius 3 is 2.00 bits per heavy atom. The minimum atomic E-state index is -4.11. The maximum Gasteiger partial charge on any atom is 0.238 e. The summed E-state index contributed by atoms with van der Waals surface area (Å²) in [6.45, 7) is 0. The van der Waals surface area contributed by atoms with Crippen LogP contribution in [0.15, 0.2) is 93.2 Å². The summed E-state index contributed by atoms with van der Waals surface area (Å²) in [6.07, 6.45) is 0. The maximum atomic E-state index is 13.2. The van der Waals surface area contributed by atoms with Crippen LogP contribution < -0.4 is 5.32 Å². The zero-order valence-electron chi connectivity index (χ0n) is 14.8. The molecule has 0 spiro atoms. The van der Waals surface area contributed by atoms with Gasteiger partial charge in [-0.2, -0.15) is 4.98 Å². The molecule has 29 heavy (non-hydrogen) atoms. The highest BCUT2D eigenvalue weighted by molar-refractivity contribution is 7.91. The Balaban J connectivity index is 1.83. The summed E-state index contributed by atoms with van der Waals surface area (Å²) in [6, 6.07) is 18.5. The lowest BCUT2D eigenvalue weighted by Gasteiger charge is -2.06. The van der Waals surface area contributed by atoms with Crippen molar-refractivity contribution in [2.45, 2.75) is 9.92 Å². The fraction of sp³-hybridized carbons (Fsp3) is 0. The van der Waals surface area contributed by atoms with Gasteiger partial charge in [-0.15, -0.1) is 0 Å². The Labute approximate surface area is 165 Å².